The second-order valence-electron chi connectivity index (χ2n) is 8.24. The third-order valence-corrected chi connectivity index (χ3v) is 5.91. The Labute approximate surface area is 205 Å². The Hall–Kier alpha value is -4.01. The minimum absolute atomic E-state index is 0.285. The summed E-state index contributed by atoms with van der Waals surface area (Å²) in [6.07, 6.45) is 4.79. The van der Waals surface area contributed by atoms with Crippen LogP contribution in [0.15, 0.2) is 60.1 Å². The molecule has 2 heterocycles. The van der Waals surface area contributed by atoms with E-state index in [2.05, 4.69) is 27.6 Å². The molecule has 0 saturated heterocycles. The SMILES string of the molecule is CCCCCOc1ccc([C@@H]2C(C(=O)Nc3cc(OC)ccc3OC)=C(C)Nc3ncnn32)cc1. The Kier molecular flexibility index (Phi) is 7.54. The number of hydrogen-bond donors (Lipinski definition) is 2. The van der Waals surface area contributed by atoms with Crippen molar-refractivity contribution in [2.45, 2.75) is 39.2 Å². The molecule has 4 rings (SSSR count). The fourth-order valence-corrected chi connectivity index (χ4v) is 4.08. The van der Waals surface area contributed by atoms with E-state index >= 15 is 0 Å². The fraction of sp³-hybridized carbons (Fsp3) is 0.346. The molecule has 0 bridgehead atoms. The van der Waals surface area contributed by atoms with Gasteiger partial charge in [-0.3, -0.25) is 4.79 Å². The summed E-state index contributed by atoms with van der Waals surface area (Å²) in [7, 11) is 3.13. The third kappa shape index (κ3) is 5.24. The van der Waals surface area contributed by atoms with Crippen molar-refractivity contribution < 1.29 is 19.0 Å². The number of ether oxygens (including phenoxy) is 3. The van der Waals surface area contributed by atoms with Crippen molar-refractivity contribution >= 4 is 17.5 Å². The molecule has 0 spiro atoms. The highest BCUT2D eigenvalue weighted by molar-refractivity contribution is 6.06. The molecule has 1 aliphatic heterocycles. The number of nitrogens with one attached hydrogen (secondary N) is 2. The van der Waals surface area contributed by atoms with Gasteiger partial charge in [-0.25, -0.2) is 4.68 Å². The summed E-state index contributed by atoms with van der Waals surface area (Å²) in [6.45, 7) is 4.71. The average molecular weight is 478 g/mol. The normalized spacial score (nSPS) is 14.7. The van der Waals surface area contributed by atoms with Crippen LogP contribution in [0.3, 0.4) is 0 Å². The highest BCUT2D eigenvalue weighted by Gasteiger charge is 2.33. The molecule has 184 valence electrons. The monoisotopic (exact) mass is 477 g/mol. The molecular weight excluding hydrogens is 446 g/mol. The van der Waals surface area contributed by atoms with E-state index in [9.17, 15) is 4.79 Å². The predicted molar refractivity (Wildman–Crippen MR) is 134 cm³/mol. The molecule has 1 aromatic heterocycles. The van der Waals surface area contributed by atoms with Crippen molar-refractivity contribution in [2.75, 3.05) is 31.5 Å². The zero-order chi connectivity index (χ0) is 24.8. The van der Waals surface area contributed by atoms with Gasteiger partial charge in [0.15, 0.2) is 0 Å². The van der Waals surface area contributed by atoms with E-state index in [-0.39, 0.29) is 5.91 Å². The van der Waals surface area contributed by atoms with Gasteiger partial charge in [-0.05, 0) is 43.2 Å². The van der Waals surface area contributed by atoms with Gasteiger partial charge in [0.1, 0.15) is 29.6 Å². The van der Waals surface area contributed by atoms with Crippen LogP contribution in [0.5, 0.6) is 17.2 Å². The van der Waals surface area contributed by atoms with Gasteiger partial charge in [-0.15, -0.1) is 0 Å². The molecule has 0 aliphatic carbocycles. The molecule has 0 radical (unpaired) electrons. The van der Waals surface area contributed by atoms with E-state index in [4.69, 9.17) is 14.2 Å². The van der Waals surface area contributed by atoms with Crippen molar-refractivity contribution in [3.8, 4) is 17.2 Å². The number of amides is 1. The maximum absolute atomic E-state index is 13.6. The van der Waals surface area contributed by atoms with Crippen LogP contribution in [-0.4, -0.2) is 41.5 Å². The van der Waals surface area contributed by atoms with Crippen LogP contribution < -0.4 is 24.8 Å². The maximum Gasteiger partial charge on any atom is 0.255 e. The first-order chi connectivity index (χ1) is 17.0. The van der Waals surface area contributed by atoms with Gasteiger partial charge in [0.05, 0.1) is 32.1 Å². The molecule has 1 atom stereocenters. The Bertz CT molecular complexity index is 1200. The molecule has 0 fully saturated rings. The highest BCUT2D eigenvalue weighted by atomic mass is 16.5. The number of carbonyl (C=O) groups excluding carboxylic acids is 1. The summed E-state index contributed by atoms with van der Waals surface area (Å²) in [5.74, 6) is 2.22. The first kappa shape index (κ1) is 24.1. The van der Waals surface area contributed by atoms with Gasteiger partial charge in [0.25, 0.3) is 5.91 Å². The molecule has 9 heteroatoms. The number of benzene rings is 2. The summed E-state index contributed by atoms with van der Waals surface area (Å²) >= 11 is 0. The zero-order valence-electron chi connectivity index (χ0n) is 20.5. The standard InChI is InChI=1S/C26H31N5O4/c1-5-6-7-14-35-19-10-8-18(9-11-19)24-23(17(2)29-26-27-16-28-31(24)26)25(32)30-21-15-20(33-3)12-13-22(21)34-4/h8-13,15-16,24H,5-7,14H2,1-4H3,(H,30,32)(H,27,28,29)/t24-/m1/s1. The van der Waals surface area contributed by atoms with Crippen LogP contribution in [0.2, 0.25) is 0 Å². The Balaban J connectivity index is 1.64. The first-order valence-corrected chi connectivity index (χ1v) is 11.7. The minimum Gasteiger partial charge on any atom is -0.497 e. The van der Waals surface area contributed by atoms with E-state index in [0.717, 1.165) is 30.6 Å². The number of allylic oxidation sites excluding steroid dienone is 1. The molecule has 3 aromatic rings. The van der Waals surface area contributed by atoms with E-state index in [1.54, 1.807) is 37.1 Å². The van der Waals surface area contributed by atoms with Gasteiger partial charge in [0, 0.05) is 11.8 Å². The molecule has 9 nitrogen and oxygen atoms in total. The van der Waals surface area contributed by atoms with Crippen LogP contribution in [-0.2, 0) is 4.79 Å². The van der Waals surface area contributed by atoms with Crippen molar-refractivity contribution in [3.63, 3.8) is 0 Å². The number of fused-ring (bicyclic) bond motifs is 1. The molecule has 1 aliphatic rings. The van der Waals surface area contributed by atoms with E-state index in [0.29, 0.717) is 41.0 Å². The van der Waals surface area contributed by atoms with E-state index < -0.39 is 6.04 Å². The lowest BCUT2D eigenvalue weighted by atomic mass is 9.95. The molecule has 2 N–H and O–H groups in total. The summed E-state index contributed by atoms with van der Waals surface area (Å²) in [4.78, 5) is 17.9. The second kappa shape index (κ2) is 10.9. The van der Waals surface area contributed by atoms with Crippen LogP contribution in [0.4, 0.5) is 11.6 Å². The molecule has 35 heavy (non-hydrogen) atoms. The number of anilines is 2. The quantitative estimate of drug-likeness (QED) is 0.405. The fourth-order valence-electron chi connectivity index (χ4n) is 4.08. The van der Waals surface area contributed by atoms with Crippen LogP contribution in [0.1, 0.15) is 44.7 Å². The number of hydrogen-bond acceptors (Lipinski definition) is 7. The molecule has 0 unspecified atom stereocenters. The highest BCUT2D eigenvalue weighted by Crippen LogP contribution is 2.37. The van der Waals surface area contributed by atoms with Gasteiger partial charge in [-0.1, -0.05) is 31.9 Å². The van der Waals surface area contributed by atoms with Crippen LogP contribution in [0.25, 0.3) is 0 Å². The molecular formula is C26H31N5O4. The van der Waals surface area contributed by atoms with Gasteiger partial charge in [-0.2, -0.15) is 10.1 Å². The average Bonchev–Trinajstić information content (AvgIpc) is 3.34. The zero-order valence-corrected chi connectivity index (χ0v) is 20.5. The molecule has 0 saturated carbocycles. The summed E-state index contributed by atoms with van der Waals surface area (Å²) in [6, 6.07) is 12.6. The number of rotatable bonds is 10. The summed E-state index contributed by atoms with van der Waals surface area (Å²) < 4.78 is 18.3. The van der Waals surface area contributed by atoms with Gasteiger partial charge >= 0.3 is 0 Å². The Morgan fingerprint density at radius 3 is 2.57 bits per heavy atom. The first-order valence-electron chi connectivity index (χ1n) is 11.7. The van der Waals surface area contributed by atoms with Crippen LogP contribution in [0, 0.1) is 0 Å². The lowest BCUT2D eigenvalue weighted by Crippen LogP contribution is -2.31. The predicted octanol–water partition coefficient (Wildman–Crippen LogP) is 4.79. The lowest BCUT2D eigenvalue weighted by molar-refractivity contribution is -0.113. The minimum atomic E-state index is -0.473. The number of unbranched alkanes of at least 4 members (excludes halogenated alkanes) is 2. The number of methoxy groups -OCH3 is 2. The van der Waals surface area contributed by atoms with Crippen molar-refractivity contribution in [3.05, 3.63) is 65.6 Å². The molecule has 1 amide bonds. The number of nitrogens with zero attached hydrogens (tertiary/aromatic N) is 3. The number of carbonyl (C=O) groups is 1. The second-order valence-corrected chi connectivity index (χ2v) is 8.24. The van der Waals surface area contributed by atoms with Gasteiger partial charge < -0.3 is 24.8 Å². The Morgan fingerprint density at radius 2 is 1.86 bits per heavy atom. The summed E-state index contributed by atoms with van der Waals surface area (Å²) in [5, 5.41) is 10.6. The molecule has 2 aromatic carbocycles. The van der Waals surface area contributed by atoms with Crippen LogP contribution >= 0.6 is 0 Å². The number of aromatic nitrogens is 3. The Morgan fingerprint density at radius 1 is 1.09 bits per heavy atom. The smallest absolute Gasteiger partial charge is 0.255 e. The maximum atomic E-state index is 13.6. The lowest BCUT2D eigenvalue weighted by Gasteiger charge is -2.29. The largest absolute Gasteiger partial charge is 0.497 e. The van der Waals surface area contributed by atoms with Crippen molar-refractivity contribution in [1.29, 1.82) is 0 Å². The summed E-state index contributed by atoms with van der Waals surface area (Å²) in [5.41, 5.74) is 2.61. The van der Waals surface area contributed by atoms with E-state index in [1.165, 1.54) is 6.33 Å². The van der Waals surface area contributed by atoms with Crippen molar-refractivity contribution in [2.24, 2.45) is 0 Å². The van der Waals surface area contributed by atoms with E-state index in [1.807, 2.05) is 31.2 Å². The topological polar surface area (TPSA) is 99.5 Å². The third-order valence-electron chi connectivity index (χ3n) is 5.91. The van der Waals surface area contributed by atoms with Crippen molar-refractivity contribution in [1.82, 2.24) is 14.8 Å². The van der Waals surface area contributed by atoms with Gasteiger partial charge in [0.2, 0.25) is 5.95 Å².